The molecule has 0 aliphatic carbocycles. The minimum Gasteiger partial charge on any atom is -0.337 e. The Hall–Kier alpha value is -1.69. The molecule has 0 radical (unpaired) electrons. The number of amides is 1. The van der Waals surface area contributed by atoms with Gasteiger partial charge in [-0.25, -0.2) is 5.10 Å². The maximum atomic E-state index is 11.9. The van der Waals surface area contributed by atoms with Crippen molar-refractivity contribution in [3.05, 3.63) is 28.2 Å². The summed E-state index contributed by atoms with van der Waals surface area (Å²) in [5.74, 6) is -0.188. The largest absolute Gasteiger partial charge is 0.337 e. The molecule has 0 saturated heterocycles. The molecule has 1 amide bonds. The molecule has 0 aromatic carbocycles. The number of hydrogen-bond acceptors (Lipinski definition) is 4. The quantitative estimate of drug-likeness (QED) is 0.710. The van der Waals surface area contributed by atoms with Crippen molar-refractivity contribution in [3.8, 4) is 0 Å². The zero-order valence-corrected chi connectivity index (χ0v) is 9.27. The van der Waals surface area contributed by atoms with E-state index in [1.54, 1.807) is 4.90 Å². The number of aromatic amines is 1. The third kappa shape index (κ3) is 3.16. The van der Waals surface area contributed by atoms with E-state index in [-0.39, 0.29) is 17.2 Å². The van der Waals surface area contributed by atoms with Gasteiger partial charge in [0, 0.05) is 19.2 Å². The lowest BCUT2D eigenvalue weighted by Gasteiger charge is -2.19. The highest BCUT2D eigenvalue weighted by Crippen LogP contribution is 1.99. The molecule has 16 heavy (non-hydrogen) atoms. The van der Waals surface area contributed by atoms with Crippen LogP contribution in [0, 0.1) is 0 Å². The van der Waals surface area contributed by atoms with Crippen LogP contribution in [0.4, 0.5) is 0 Å². The molecule has 0 aliphatic rings. The first kappa shape index (κ1) is 12.4. The molecule has 0 spiro atoms. The van der Waals surface area contributed by atoms with E-state index in [2.05, 4.69) is 10.2 Å². The molecule has 0 atom stereocenters. The van der Waals surface area contributed by atoms with Crippen LogP contribution in [0.2, 0.25) is 0 Å². The zero-order valence-electron chi connectivity index (χ0n) is 9.27. The Morgan fingerprint density at radius 3 is 2.81 bits per heavy atom. The number of nitrogens with zero attached hydrogens (tertiary/aromatic N) is 2. The number of nitrogens with two attached hydrogens (primary N) is 1. The number of carbonyl (C=O) groups is 1. The molecule has 1 heterocycles. The molecule has 1 aromatic heterocycles. The van der Waals surface area contributed by atoms with Gasteiger partial charge in [0.2, 0.25) is 0 Å². The molecule has 3 N–H and O–H groups in total. The molecule has 6 heteroatoms. The Balaban J connectivity index is 2.74. The smallest absolute Gasteiger partial charge is 0.274 e. The third-order valence-electron chi connectivity index (χ3n) is 2.20. The molecule has 0 saturated carbocycles. The van der Waals surface area contributed by atoms with E-state index in [4.69, 9.17) is 5.73 Å². The van der Waals surface area contributed by atoms with E-state index >= 15 is 0 Å². The van der Waals surface area contributed by atoms with Crippen LogP contribution in [0.25, 0.3) is 0 Å². The average Bonchev–Trinajstić information content (AvgIpc) is 2.30. The normalized spacial score (nSPS) is 10.1. The second kappa shape index (κ2) is 6.02. The van der Waals surface area contributed by atoms with E-state index in [1.807, 2.05) is 6.92 Å². The summed E-state index contributed by atoms with van der Waals surface area (Å²) >= 11 is 0. The van der Waals surface area contributed by atoms with Gasteiger partial charge in [-0.05, 0) is 26.0 Å². The molecule has 1 aromatic rings. The lowest BCUT2D eigenvalue weighted by molar-refractivity contribution is 0.0756. The van der Waals surface area contributed by atoms with Crippen LogP contribution in [0.5, 0.6) is 0 Å². The number of aromatic nitrogens is 2. The zero-order chi connectivity index (χ0) is 12.0. The topological polar surface area (TPSA) is 92.1 Å². The summed E-state index contributed by atoms with van der Waals surface area (Å²) in [7, 11) is 0. The standard InChI is InChI=1S/C10H16N4O2/c1-2-14(7-3-6-11)10(16)8-4-5-9(15)13-12-8/h4-5H,2-3,6-7,11H2,1H3,(H,13,15). The van der Waals surface area contributed by atoms with Gasteiger partial charge in [-0.15, -0.1) is 0 Å². The predicted octanol–water partition coefficient (Wildman–Crippen LogP) is -0.419. The van der Waals surface area contributed by atoms with E-state index in [0.717, 1.165) is 6.42 Å². The molecule has 0 unspecified atom stereocenters. The van der Waals surface area contributed by atoms with Crippen LogP contribution in [0.1, 0.15) is 23.8 Å². The first-order valence-corrected chi connectivity index (χ1v) is 5.24. The molecule has 1 rings (SSSR count). The Kier molecular flexibility index (Phi) is 4.65. The fourth-order valence-corrected chi connectivity index (χ4v) is 1.31. The Morgan fingerprint density at radius 2 is 2.31 bits per heavy atom. The highest BCUT2D eigenvalue weighted by Gasteiger charge is 2.14. The number of carbonyl (C=O) groups excluding carboxylic acids is 1. The minimum atomic E-state index is -0.318. The number of rotatable bonds is 5. The van der Waals surface area contributed by atoms with Gasteiger partial charge < -0.3 is 10.6 Å². The maximum absolute atomic E-state index is 11.9. The van der Waals surface area contributed by atoms with Crippen LogP contribution < -0.4 is 11.3 Å². The Labute approximate surface area is 93.5 Å². The van der Waals surface area contributed by atoms with Crippen molar-refractivity contribution < 1.29 is 4.79 Å². The summed E-state index contributed by atoms with van der Waals surface area (Å²) in [4.78, 5) is 24.3. The van der Waals surface area contributed by atoms with Crippen molar-refractivity contribution in [2.24, 2.45) is 5.73 Å². The third-order valence-corrected chi connectivity index (χ3v) is 2.20. The lowest BCUT2D eigenvalue weighted by atomic mass is 10.3. The summed E-state index contributed by atoms with van der Waals surface area (Å²) < 4.78 is 0. The van der Waals surface area contributed by atoms with Gasteiger partial charge in [-0.1, -0.05) is 0 Å². The summed E-state index contributed by atoms with van der Waals surface area (Å²) in [6.45, 7) is 3.63. The van der Waals surface area contributed by atoms with Gasteiger partial charge in [-0.2, -0.15) is 5.10 Å². The van der Waals surface area contributed by atoms with Gasteiger partial charge in [0.05, 0.1) is 0 Å². The van der Waals surface area contributed by atoms with E-state index < -0.39 is 0 Å². The van der Waals surface area contributed by atoms with Crippen LogP contribution in [-0.2, 0) is 0 Å². The van der Waals surface area contributed by atoms with Gasteiger partial charge in [0.15, 0.2) is 0 Å². The summed E-state index contributed by atoms with van der Waals surface area (Å²) in [5, 5.41) is 5.93. The minimum absolute atomic E-state index is 0.188. The van der Waals surface area contributed by atoms with Gasteiger partial charge in [0.25, 0.3) is 11.5 Å². The molecular weight excluding hydrogens is 208 g/mol. The van der Waals surface area contributed by atoms with Crippen molar-refractivity contribution >= 4 is 5.91 Å². The molecule has 6 nitrogen and oxygen atoms in total. The number of nitrogens with one attached hydrogen (secondary N) is 1. The molecule has 0 aliphatic heterocycles. The van der Waals surface area contributed by atoms with Crippen LogP contribution in [0.3, 0.4) is 0 Å². The average molecular weight is 224 g/mol. The van der Waals surface area contributed by atoms with Crippen molar-refractivity contribution in [2.45, 2.75) is 13.3 Å². The fraction of sp³-hybridized carbons (Fsp3) is 0.500. The van der Waals surface area contributed by atoms with Gasteiger partial charge in [0.1, 0.15) is 5.69 Å². The van der Waals surface area contributed by atoms with Gasteiger partial charge in [-0.3, -0.25) is 9.59 Å². The molecule has 0 bridgehead atoms. The van der Waals surface area contributed by atoms with Crippen LogP contribution >= 0.6 is 0 Å². The summed E-state index contributed by atoms with van der Waals surface area (Å²) in [6.07, 6.45) is 0.753. The van der Waals surface area contributed by atoms with Crippen LogP contribution in [0.15, 0.2) is 16.9 Å². The fourth-order valence-electron chi connectivity index (χ4n) is 1.31. The molecular formula is C10H16N4O2. The van der Waals surface area contributed by atoms with Crippen molar-refractivity contribution in [2.75, 3.05) is 19.6 Å². The maximum Gasteiger partial charge on any atom is 0.274 e. The van der Waals surface area contributed by atoms with Crippen molar-refractivity contribution in [3.63, 3.8) is 0 Å². The highest BCUT2D eigenvalue weighted by atomic mass is 16.2. The molecule has 0 fully saturated rings. The first-order chi connectivity index (χ1) is 7.69. The predicted molar refractivity (Wildman–Crippen MR) is 60.1 cm³/mol. The lowest BCUT2D eigenvalue weighted by Crippen LogP contribution is -2.33. The molecule has 88 valence electrons. The van der Waals surface area contributed by atoms with Crippen molar-refractivity contribution in [1.29, 1.82) is 0 Å². The van der Waals surface area contributed by atoms with Gasteiger partial charge >= 0.3 is 0 Å². The van der Waals surface area contributed by atoms with E-state index in [1.165, 1.54) is 12.1 Å². The van der Waals surface area contributed by atoms with Crippen molar-refractivity contribution in [1.82, 2.24) is 15.1 Å². The summed E-state index contributed by atoms with van der Waals surface area (Å²) in [6, 6.07) is 2.71. The Bertz CT molecular complexity index is 382. The highest BCUT2D eigenvalue weighted by molar-refractivity contribution is 5.92. The second-order valence-corrected chi connectivity index (χ2v) is 3.33. The SMILES string of the molecule is CCN(CCCN)C(=O)c1ccc(=O)[nH]n1. The monoisotopic (exact) mass is 224 g/mol. The Morgan fingerprint density at radius 1 is 1.56 bits per heavy atom. The van der Waals surface area contributed by atoms with E-state index in [0.29, 0.717) is 19.6 Å². The van der Waals surface area contributed by atoms with Crippen LogP contribution in [-0.4, -0.2) is 40.6 Å². The van der Waals surface area contributed by atoms with E-state index in [9.17, 15) is 9.59 Å². The summed E-state index contributed by atoms with van der Waals surface area (Å²) in [5.41, 5.74) is 5.32. The first-order valence-electron chi connectivity index (χ1n) is 5.24. The number of hydrogen-bond donors (Lipinski definition) is 2. The second-order valence-electron chi connectivity index (χ2n) is 3.33. The number of H-pyrrole nitrogens is 1.